The Morgan fingerprint density at radius 2 is 1.94 bits per heavy atom. The van der Waals surface area contributed by atoms with E-state index in [0.717, 1.165) is 11.3 Å². The first-order valence-electron chi connectivity index (χ1n) is 10.2. The molecule has 1 atom stereocenters. The number of amides is 1. The molecule has 1 amide bonds. The van der Waals surface area contributed by atoms with Crippen LogP contribution in [0.5, 0.6) is 5.75 Å². The maximum atomic E-state index is 13.4. The van der Waals surface area contributed by atoms with E-state index < -0.39 is 5.82 Å². The Kier molecular flexibility index (Phi) is 6.37. The number of ether oxygens (including phenoxy) is 1. The quantitative estimate of drug-likeness (QED) is 0.583. The largest absolute Gasteiger partial charge is 0.497 e. The summed E-state index contributed by atoms with van der Waals surface area (Å²) in [6.45, 7) is 2.10. The number of benzene rings is 2. The van der Waals surface area contributed by atoms with E-state index in [9.17, 15) is 14.4 Å². The van der Waals surface area contributed by atoms with Crippen LogP contribution >= 0.6 is 0 Å². The van der Waals surface area contributed by atoms with Crippen LogP contribution in [0, 0.1) is 17.1 Å². The second-order valence-electron chi connectivity index (χ2n) is 7.38. The highest BCUT2D eigenvalue weighted by Gasteiger charge is 2.27. The Bertz CT molecular complexity index is 1120. The molecule has 10 heteroatoms. The molecule has 0 radical (unpaired) electrons. The van der Waals surface area contributed by atoms with Crippen molar-refractivity contribution in [1.29, 1.82) is 5.26 Å². The molecule has 32 heavy (non-hydrogen) atoms. The van der Waals surface area contributed by atoms with E-state index in [2.05, 4.69) is 26.4 Å². The molecule has 1 aromatic heterocycles. The van der Waals surface area contributed by atoms with Crippen LogP contribution in [-0.4, -0.2) is 69.2 Å². The smallest absolute Gasteiger partial charge is 0.246 e. The Morgan fingerprint density at radius 1 is 1.19 bits per heavy atom. The van der Waals surface area contributed by atoms with Crippen molar-refractivity contribution >= 4 is 5.91 Å². The van der Waals surface area contributed by atoms with Gasteiger partial charge in [-0.05, 0) is 35.0 Å². The average molecular weight is 435 g/mol. The van der Waals surface area contributed by atoms with Crippen LogP contribution in [0.15, 0.2) is 48.5 Å². The highest BCUT2D eigenvalue weighted by Crippen LogP contribution is 2.24. The van der Waals surface area contributed by atoms with Gasteiger partial charge < -0.3 is 9.64 Å². The van der Waals surface area contributed by atoms with Gasteiger partial charge in [0.15, 0.2) is 0 Å². The van der Waals surface area contributed by atoms with Crippen LogP contribution < -0.4 is 4.74 Å². The molecule has 2 heterocycles. The van der Waals surface area contributed by atoms with Gasteiger partial charge in [-0.15, -0.1) is 10.2 Å². The number of carbonyl (C=O) groups excluding carboxylic acids is 1. The zero-order chi connectivity index (χ0) is 22.5. The highest BCUT2D eigenvalue weighted by atomic mass is 19.1. The molecule has 1 aliphatic heterocycles. The predicted octanol–water partition coefficient (Wildman–Crippen LogP) is 1.90. The molecular weight excluding hydrogens is 413 g/mol. The van der Waals surface area contributed by atoms with Gasteiger partial charge >= 0.3 is 0 Å². The number of halogens is 1. The van der Waals surface area contributed by atoms with E-state index in [1.54, 1.807) is 24.1 Å². The first-order chi connectivity index (χ1) is 15.6. The van der Waals surface area contributed by atoms with Crippen LogP contribution in [0.2, 0.25) is 0 Å². The van der Waals surface area contributed by atoms with E-state index >= 15 is 0 Å². The number of nitriles is 1. The summed E-state index contributed by atoms with van der Waals surface area (Å²) >= 11 is 0. The van der Waals surface area contributed by atoms with Crippen molar-refractivity contribution < 1.29 is 13.9 Å². The van der Waals surface area contributed by atoms with Gasteiger partial charge in [0.25, 0.3) is 0 Å². The number of rotatable bonds is 6. The van der Waals surface area contributed by atoms with Crippen molar-refractivity contribution in [2.45, 2.75) is 12.6 Å². The second kappa shape index (κ2) is 9.53. The van der Waals surface area contributed by atoms with E-state index in [4.69, 9.17) is 4.74 Å². The summed E-state index contributed by atoms with van der Waals surface area (Å²) < 4.78 is 18.6. The molecule has 0 bridgehead atoms. The van der Waals surface area contributed by atoms with Crippen molar-refractivity contribution in [2.75, 3.05) is 33.3 Å². The molecule has 0 spiro atoms. The van der Waals surface area contributed by atoms with Gasteiger partial charge in [0.05, 0.1) is 13.2 Å². The number of hydrogen-bond acceptors (Lipinski definition) is 7. The van der Waals surface area contributed by atoms with Crippen molar-refractivity contribution in [3.63, 3.8) is 0 Å². The van der Waals surface area contributed by atoms with Crippen molar-refractivity contribution in [1.82, 2.24) is 30.0 Å². The second-order valence-corrected chi connectivity index (χ2v) is 7.38. The van der Waals surface area contributed by atoms with Gasteiger partial charge in [0.2, 0.25) is 11.7 Å². The highest BCUT2D eigenvalue weighted by molar-refractivity contribution is 5.76. The molecule has 1 unspecified atom stereocenters. The topological polar surface area (TPSA) is 100 Å². The van der Waals surface area contributed by atoms with Crippen molar-refractivity contribution in [2.24, 2.45) is 0 Å². The van der Waals surface area contributed by atoms with Crippen molar-refractivity contribution in [3.8, 4) is 23.2 Å². The lowest BCUT2D eigenvalue weighted by atomic mass is 10.1. The monoisotopic (exact) mass is 435 g/mol. The molecule has 164 valence electrons. The number of carbonyl (C=O) groups is 1. The lowest BCUT2D eigenvalue weighted by molar-refractivity contribution is -0.134. The molecule has 1 fully saturated rings. The molecule has 3 aromatic rings. The summed E-state index contributed by atoms with van der Waals surface area (Å²) in [5.74, 6) is 0.477. The Balaban J connectivity index is 1.34. The minimum atomic E-state index is -0.391. The summed E-state index contributed by atoms with van der Waals surface area (Å²) in [5.41, 5.74) is 1.39. The molecule has 0 aliphatic carbocycles. The van der Waals surface area contributed by atoms with Gasteiger partial charge in [-0.3, -0.25) is 9.69 Å². The van der Waals surface area contributed by atoms with Gasteiger partial charge in [-0.1, -0.05) is 24.3 Å². The molecule has 4 rings (SSSR count). The van der Waals surface area contributed by atoms with Gasteiger partial charge in [-0.25, -0.2) is 4.39 Å². The van der Waals surface area contributed by atoms with Crippen LogP contribution in [0.4, 0.5) is 4.39 Å². The van der Waals surface area contributed by atoms with E-state index in [-0.39, 0.29) is 24.3 Å². The Labute approximate surface area is 184 Å². The zero-order valence-electron chi connectivity index (χ0n) is 17.6. The third kappa shape index (κ3) is 4.73. The summed E-state index contributed by atoms with van der Waals surface area (Å²) in [6.07, 6.45) is 0. The van der Waals surface area contributed by atoms with Gasteiger partial charge in [0, 0.05) is 31.7 Å². The van der Waals surface area contributed by atoms with Crippen LogP contribution in [0.25, 0.3) is 11.4 Å². The normalized spacial score (nSPS) is 15.2. The third-order valence-electron chi connectivity index (χ3n) is 5.40. The summed E-state index contributed by atoms with van der Waals surface area (Å²) in [6, 6.07) is 15.3. The fourth-order valence-corrected chi connectivity index (χ4v) is 3.66. The fourth-order valence-electron chi connectivity index (χ4n) is 3.66. The molecule has 0 saturated carbocycles. The number of nitrogens with zero attached hydrogens (tertiary/aromatic N) is 7. The number of piperazine rings is 1. The summed E-state index contributed by atoms with van der Waals surface area (Å²) in [5, 5.41) is 21.7. The third-order valence-corrected chi connectivity index (χ3v) is 5.40. The number of hydrogen-bond donors (Lipinski definition) is 0. The first-order valence-corrected chi connectivity index (χ1v) is 10.2. The number of methoxy groups -OCH3 is 1. The Hall–Kier alpha value is -3.84. The Morgan fingerprint density at radius 3 is 2.59 bits per heavy atom. The van der Waals surface area contributed by atoms with Crippen LogP contribution in [-0.2, 0) is 11.3 Å². The molecule has 0 N–H and O–H groups in total. The summed E-state index contributed by atoms with van der Waals surface area (Å²) in [7, 11) is 1.60. The zero-order valence-corrected chi connectivity index (χ0v) is 17.6. The fraction of sp³-hybridized carbons (Fsp3) is 0.318. The maximum absolute atomic E-state index is 13.4. The van der Waals surface area contributed by atoms with Gasteiger partial charge in [-0.2, -0.15) is 10.1 Å². The lowest BCUT2D eigenvalue weighted by Gasteiger charge is -2.37. The summed E-state index contributed by atoms with van der Waals surface area (Å²) in [4.78, 5) is 17.7. The predicted molar refractivity (Wildman–Crippen MR) is 113 cm³/mol. The van der Waals surface area contributed by atoms with E-state index in [0.29, 0.717) is 31.7 Å². The molecule has 1 aliphatic rings. The molecule has 1 saturated heterocycles. The van der Waals surface area contributed by atoms with E-state index in [1.165, 1.54) is 16.9 Å². The van der Waals surface area contributed by atoms with Gasteiger partial charge in [0.1, 0.15) is 24.2 Å². The standard InChI is InChI=1S/C22H22FN7O2/c1-32-19-7-5-16(6-8-19)20(14-24)28-9-11-29(12-10-28)21(31)15-30-26-22(25-27-30)17-3-2-4-18(23)13-17/h2-8,13,20H,9-12,15H2,1H3. The minimum Gasteiger partial charge on any atom is -0.497 e. The SMILES string of the molecule is COc1ccc(C(C#N)N2CCN(C(=O)Cn3nnc(-c4cccc(F)c4)n3)CC2)cc1. The molecule has 2 aromatic carbocycles. The molecule has 9 nitrogen and oxygen atoms in total. The van der Waals surface area contributed by atoms with Crippen LogP contribution in [0.1, 0.15) is 11.6 Å². The van der Waals surface area contributed by atoms with Crippen molar-refractivity contribution in [3.05, 3.63) is 59.9 Å². The number of aromatic nitrogens is 4. The first kappa shape index (κ1) is 21.4. The van der Waals surface area contributed by atoms with Crippen LogP contribution in [0.3, 0.4) is 0 Å². The number of tetrazole rings is 1. The van der Waals surface area contributed by atoms with E-state index in [1.807, 2.05) is 24.3 Å². The lowest BCUT2D eigenvalue weighted by Crippen LogP contribution is -2.50. The average Bonchev–Trinajstić information content (AvgIpc) is 3.29. The molecular formula is C22H22FN7O2. The minimum absolute atomic E-state index is 0.0531. The maximum Gasteiger partial charge on any atom is 0.246 e.